The first-order valence-electron chi connectivity index (χ1n) is 10.3. The highest BCUT2D eigenvalue weighted by atomic mass is 32.2. The Labute approximate surface area is 187 Å². The lowest BCUT2D eigenvalue weighted by Gasteiger charge is -2.09. The maximum absolute atomic E-state index is 13.0. The molecule has 5 aromatic rings. The molecule has 0 bridgehead atoms. The van der Waals surface area contributed by atoms with Gasteiger partial charge in [-0.25, -0.2) is 4.68 Å². The smallest absolute Gasteiger partial charge is 0.276 e. The van der Waals surface area contributed by atoms with Gasteiger partial charge in [-0.3, -0.25) is 9.89 Å². The molecular formula is C23H20N6O2S. The monoisotopic (exact) mass is 444 g/mol. The number of aromatic amines is 1. The van der Waals surface area contributed by atoms with E-state index in [-0.39, 0.29) is 5.56 Å². The van der Waals surface area contributed by atoms with Crippen molar-refractivity contribution < 1.29 is 4.42 Å². The molecule has 0 fully saturated rings. The van der Waals surface area contributed by atoms with Crippen molar-refractivity contribution in [2.24, 2.45) is 0 Å². The molecule has 5 rings (SSSR count). The van der Waals surface area contributed by atoms with E-state index in [9.17, 15) is 4.79 Å². The van der Waals surface area contributed by atoms with Crippen LogP contribution in [0.15, 0.2) is 81.4 Å². The highest BCUT2D eigenvalue weighted by Crippen LogP contribution is 2.27. The van der Waals surface area contributed by atoms with Crippen LogP contribution in [-0.2, 0) is 13.0 Å². The van der Waals surface area contributed by atoms with Crippen LogP contribution in [0.1, 0.15) is 17.5 Å². The molecule has 0 radical (unpaired) electrons. The third-order valence-electron chi connectivity index (χ3n) is 5.04. The van der Waals surface area contributed by atoms with E-state index < -0.39 is 0 Å². The first-order valence-corrected chi connectivity index (χ1v) is 11.2. The second-order valence-electron chi connectivity index (χ2n) is 7.27. The van der Waals surface area contributed by atoms with Gasteiger partial charge in [-0.1, -0.05) is 60.3 Å². The summed E-state index contributed by atoms with van der Waals surface area (Å²) in [5.41, 5.74) is 2.52. The molecule has 3 heterocycles. The quantitative estimate of drug-likeness (QED) is 0.286. The Kier molecular flexibility index (Phi) is 5.80. The molecule has 0 saturated carbocycles. The lowest BCUT2D eigenvalue weighted by Crippen LogP contribution is -2.24. The summed E-state index contributed by atoms with van der Waals surface area (Å²) in [6.45, 7) is 0.362. The summed E-state index contributed by atoms with van der Waals surface area (Å²) in [6.07, 6.45) is 5.62. The average Bonchev–Trinajstić information content (AvgIpc) is 3.52. The number of fused-ring (bicyclic) bond motifs is 1. The molecule has 32 heavy (non-hydrogen) atoms. The van der Waals surface area contributed by atoms with Crippen molar-refractivity contribution in [1.82, 2.24) is 30.2 Å². The maximum Gasteiger partial charge on any atom is 0.276 e. The van der Waals surface area contributed by atoms with Gasteiger partial charge in [-0.05, 0) is 30.0 Å². The summed E-state index contributed by atoms with van der Waals surface area (Å²) in [6, 6.07) is 17.1. The van der Waals surface area contributed by atoms with Crippen LogP contribution in [0.25, 0.3) is 22.4 Å². The zero-order valence-corrected chi connectivity index (χ0v) is 18.0. The molecule has 160 valence electrons. The lowest BCUT2D eigenvalue weighted by atomic mass is 10.1. The van der Waals surface area contributed by atoms with Crippen LogP contribution in [-0.4, -0.2) is 35.9 Å². The Morgan fingerprint density at radius 3 is 2.59 bits per heavy atom. The summed E-state index contributed by atoms with van der Waals surface area (Å²) in [5, 5.41) is 21.5. The molecule has 8 nitrogen and oxygen atoms in total. The molecule has 0 aliphatic heterocycles. The van der Waals surface area contributed by atoms with Gasteiger partial charge in [-0.15, -0.1) is 10.2 Å². The largest absolute Gasteiger partial charge is 0.410 e. The fourth-order valence-corrected chi connectivity index (χ4v) is 4.17. The van der Waals surface area contributed by atoms with E-state index >= 15 is 0 Å². The molecule has 0 unspecified atom stereocenters. The second-order valence-corrected chi connectivity index (χ2v) is 8.32. The first-order chi connectivity index (χ1) is 15.8. The Morgan fingerprint density at radius 1 is 0.969 bits per heavy atom. The number of rotatable bonds is 8. The third kappa shape index (κ3) is 4.33. The van der Waals surface area contributed by atoms with Crippen LogP contribution >= 0.6 is 11.8 Å². The van der Waals surface area contributed by atoms with Crippen LogP contribution in [0.5, 0.6) is 0 Å². The van der Waals surface area contributed by atoms with Crippen molar-refractivity contribution in [3.63, 3.8) is 0 Å². The normalized spacial score (nSPS) is 11.2. The van der Waals surface area contributed by atoms with Gasteiger partial charge in [0.15, 0.2) is 5.69 Å². The number of aryl methyl sites for hydroxylation is 1. The number of nitrogens with one attached hydrogen (secondary N) is 1. The summed E-state index contributed by atoms with van der Waals surface area (Å²) in [4.78, 5) is 13.0. The Bertz CT molecular complexity index is 1380. The number of nitrogens with zero attached hydrogens (tertiary/aromatic N) is 5. The zero-order valence-electron chi connectivity index (χ0n) is 17.1. The zero-order chi connectivity index (χ0) is 21.8. The minimum Gasteiger partial charge on any atom is -0.410 e. The van der Waals surface area contributed by atoms with Crippen LogP contribution in [0, 0.1) is 0 Å². The van der Waals surface area contributed by atoms with Crippen molar-refractivity contribution in [1.29, 1.82) is 0 Å². The van der Waals surface area contributed by atoms with Gasteiger partial charge >= 0.3 is 0 Å². The van der Waals surface area contributed by atoms with E-state index in [1.165, 1.54) is 22.0 Å². The molecular weight excluding hydrogens is 424 g/mol. The van der Waals surface area contributed by atoms with E-state index in [1.807, 2.05) is 60.9 Å². The van der Waals surface area contributed by atoms with Crippen LogP contribution in [0.4, 0.5) is 0 Å². The third-order valence-corrected chi connectivity index (χ3v) is 5.95. The van der Waals surface area contributed by atoms with E-state index in [4.69, 9.17) is 4.42 Å². The van der Waals surface area contributed by atoms with Crippen LogP contribution in [0.2, 0.25) is 0 Å². The van der Waals surface area contributed by atoms with E-state index in [2.05, 4.69) is 25.5 Å². The van der Waals surface area contributed by atoms with Gasteiger partial charge in [-0.2, -0.15) is 10.2 Å². The highest BCUT2D eigenvalue weighted by Gasteiger charge is 2.18. The van der Waals surface area contributed by atoms with Gasteiger partial charge in [0.1, 0.15) is 0 Å². The number of thioether (sulfide) groups is 1. The molecule has 0 aliphatic rings. The summed E-state index contributed by atoms with van der Waals surface area (Å²) >= 11 is 1.51. The second kappa shape index (κ2) is 9.19. The molecule has 2 aromatic carbocycles. The molecule has 0 spiro atoms. The predicted octanol–water partition coefficient (Wildman–Crippen LogP) is 3.94. The summed E-state index contributed by atoms with van der Waals surface area (Å²) in [7, 11) is 0. The SMILES string of the molecule is O=c1c2ccccc2c(-c2nnc(SCCCc3cn[nH]c3)o2)nn1Cc1ccccc1. The van der Waals surface area contributed by atoms with E-state index in [1.54, 1.807) is 6.07 Å². The molecule has 1 N–H and O–H groups in total. The molecule has 0 amide bonds. The number of hydrogen-bond donors (Lipinski definition) is 1. The maximum atomic E-state index is 13.0. The standard InChI is InChI=1S/C23H20N6O2S/c30-22-19-11-5-4-10-18(19)20(28-29(22)15-16-7-2-1-3-8-16)21-26-27-23(31-21)32-12-6-9-17-13-24-25-14-17/h1-5,7-8,10-11,13-14H,6,9,12,15H2,(H,24,25). The van der Waals surface area contributed by atoms with E-state index in [0.29, 0.717) is 34.1 Å². The van der Waals surface area contributed by atoms with Crippen molar-refractivity contribution in [2.75, 3.05) is 5.75 Å². The fourth-order valence-electron chi connectivity index (χ4n) is 3.47. The van der Waals surface area contributed by atoms with Gasteiger partial charge in [0.25, 0.3) is 16.7 Å². The minimum atomic E-state index is -0.151. The van der Waals surface area contributed by atoms with E-state index in [0.717, 1.165) is 24.2 Å². The number of benzene rings is 2. The lowest BCUT2D eigenvalue weighted by molar-refractivity contribution is 0.462. The van der Waals surface area contributed by atoms with Gasteiger partial charge < -0.3 is 4.42 Å². The van der Waals surface area contributed by atoms with Crippen LogP contribution in [0.3, 0.4) is 0 Å². The molecule has 0 aliphatic carbocycles. The van der Waals surface area contributed by atoms with Crippen molar-refractivity contribution >= 4 is 22.5 Å². The molecule has 9 heteroatoms. The molecule has 0 saturated heterocycles. The van der Waals surface area contributed by atoms with Gasteiger partial charge in [0, 0.05) is 17.3 Å². The average molecular weight is 445 g/mol. The number of aromatic nitrogens is 6. The molecule has 0 atom stereocenters. The predicted molar refractivity (Wildman–Crippen MR) is 122 cm³/mol. The van der Waals surface area contributed by atoms with Crippen molar-refractivity contribution in [3.05, 3.63) is 88.5 Å². The fraction of sp³-hybridized carbons (Fsp3) is 0.174. The van der Waals surface area contributed by atoms with Crippen LogP contribution < -0.4 is 5.56 Å². The van der Waals surface area contributed by atoms with Gasteiger partial charge in [0.05, 0.1) is 18.1 Å². The Hall–Kier alpha value is -3.72. The van der Waals surface area contributed by atoms with Crippen molar-refractivity contribution in [2.45, 2.75) is 24.6 Å². The Morgan fingerprint density at radius 2 is 1.78 bits per heavy atom. The topological polar surface area (TPSA) is 102 Å². The summed E-state index contributed by atoms with van der Waals surface area (Å²) < 4.78 is 7.36. The number of H-pyrrole nitrogens is 1. The highest BCUT2D eigenvalue weighted by molar-refractivity contribution is 7.99. The minimum absolute atomic E-state index is 0.151. The summed E-state index contributed by atoms with van der Waals surface area (Å²) in [5.74, 6) is 1.15. The number of hydrogen-bond acceptors (Lipinski definition) is 7. The van der Waals surface area contributed by atoms with Crippen molar-refractivity contribution in [3.8, 4) is 11.6 Å². The molecule has 3 aromatic heterocycles. The first kappa shape index (κ1) is 20.2. The van der Waals surface area contributed by atoms with Gasteiger partial charge in [0.2, 0.25) is 0 Å². The Balaban J connectivity index is 1.41.